The van der Waals surface area contributed by atoms with Crippen molar-refractivity contribution in [2.24, 2.45) is 11.8 Å². The summed E-state index contributed by atoms with van der Waals surface area (Å²) in [5.74, 6) is -1.15. The fraction of sp³-hybridized carbons (Fsp3) is 0.857. The second-order valence-electron chi connectivity index (χ2n) is 8.77. The van der Waals surface area contributed by atoms with Crippen LogP contribution in [0.4, 0.5) is 0 Å². The first kappa shape index (κ1) is 22.4. The van der Waals surface area contributed by atoms with Crippen molar-refractivity contribution < 1.29 is 19.5 Å². The van der Waals surface area contributed by atoms with Gasteiger partial charge in [-0.15, -0.1) is 11.8 Å². The molecule has 3 aliphatic heterocycles. The number of nitrogens with zero attached hydrogens (tertiary/aromatic N) is 1. The van der Waals surface area contributed by atoms with Crippen LogP contribution in [0.3, 0.4) is 0 Å². The molecule has 8 heteroatoms. The summed E-state index contributed by atoms with van der Waals surface area (Å²) in [6.07, 6.45) is 4.76. The lowest BCUT2D eigenvalue weighted by atomic mass is 9.66. The summed E-state index contributed by atoms with van der Waals surface area (Å²) in [5, 5.41) is 15.3. The van der Waals surface area contributed by atoms with E-state index < -0.39 is 22.6 Å². The van der Waals surface area contributed by atoms with Gasteiger partial charge in [-0.3, -0.25) is 14.4 Å². The smallest absolute Gasteiger partial charge is 0.244 e. The molecule has 7 nitrogen and oxygen atoms in total. The maximum atomic E-state index is 13.5. The first-order valence-electron chi connectivity index (χ1n) is 11.0. The highest BCUT2D eigenvalue weighted by atomic mass is 32.2. The molecule has 3 fully saturated rings. The van der Waals surface area contributed by atoms with Crippen molar-refractivity contribution >= 4 is 29.5 Å². The number of nitrogens with one attached hydrogen (secondary N) is 2. The topological polar surface area (TPSA) is 98.7 Å². The third-order valence-electron chi connectivity index (χ3n) is 6.74. The van der Waals surface area contributed by atoms with E-state index in [-0.39, 0.29) is 29.1 Å². The van der Waals surface area contributed by atoms with Crippen LogP contribution in [0.15, 0.2) is 0 Å². The molecule has 0 aliphatic carbocycles. The summed E-state index contributed by atoms with van der Waals surface area (Å²) >= 11 is 1.69. The molecule has 3 aliphatic rings. The first-order valence-corrected chi connectivity index (χ1v) is 11.8. The number of aliphatic hydroxyl groups excluding tert-OH is 1. The number of unbranched alkanes of at least 4 members (excludes halogenated alkanes) is 1. The molecule has 5 atom stereocenters. The van der Waals surface area contributed by atoms with Crippen molar-refractivity contribution in [3.63, 3.8) is 0 Å². The summed E-state index contributed by atoms with van der Waals surface area (Å²) < 4.78 is -0.866. The Kier molecular flexibility index (Phi) is 6.83. The second kappa shape index (κ2) is 8.84. The van der Waals surface area contributed by atoms with Gasteiger partial charge in [0.25, 0.3) is 0 Å². The quantitative estimate of drug-likeness (QED) is 0.458. The number of rotatable bonds is 10. The molecule has 1 spiro atoms. The number of thioether (sulfide) groups is 1. The lowest BCUT2D eigenvalue weighted by Gasteiger charge is -2.34. The normalized spacial score (nSPS) is 35.1. The van der Waals surface area contributed by atoms with Gasteiger partial charge in [0.2, 0.25) is 17.7 Å². The minimum atomic E-state index is -0.570. The zero-order valence-electron chi connectivity index (χ0n) is 17.8. The van der Waals surface area contributed by atoms with Crippen LogP contribution in [0.5, 0.6) is 0 Å². The molecule has 3 saturated heterocycles. The predicted molar refractivity (Wildman–Crippen MR) is 113 cm³/mol. The molecule has 29 heavy (non-hydrogen) atoms. The third-order valence-corrected chi connectivity index (χ3v) is 8.73. The molecule has 0 aromatic carbocycles. The molecule has 0 radical (unpaired) electrons. The van der Waals surface area contributed by atoms with Gasteiger partial charge in [0, 0.05) is 31.0 Å². The van der Waals surface area contributed by atoms with Gasteiger partial charge in [-0.05, 0) is 39.0 Å². The van der Waals surface area contributed by atoms with E-state index in [1.807, 2.05) is 6.92 Å². The minimum absolute atomic E-state index is 0.0309. The zero-order chi connectivity index (χ0) is 21.2. The van der Waals surface area contributed by atoms with Crippen LogP contribution in [0.25, 0.3) is 0 Å². The van der Waals surface area contributed by atoms with Crippen molar-refractivity contribution in [1.82, 2.24) is 15.5 Å². The molecule has 0 saturated carbocycles. The van der Waals surface area contributed by atoms with Crippen molar-refractivity contribution in [2.75, 3.05) is 26.2 Å². The van der Waals surface area contributed by atoms with Crippen LogP contribution in [0.1, 0.15) is 59.3 Å². The lowest BCUT2D eigenvalue weighted by Crippen LogP contribution is -2.54. The number of fused-ring (bicyclic) bond motifs is 1. The Morgan fingerprint density at radius 3 is 2.52 bits per heavy atom. The Bertz CT molecular complexity index is 660. The first-order chi connectivity index (χ1) is 13.9. The maximum Gasteiger partial charge on any atom is 0.244 e. The van der Waals surface area contributed by atoms with Crippen LogP contribution in [0, 0.1) is 11.8 Å². The molecule has 0 aromatic rings. The van der Waals surface area contributed by atoms with Gasteiger partial charge in [-0.2, -0.15) is 0 Å². The van der Waals surface area contributed by atoms with Crippen molar-refractivity contribution in [3.05, 3.63) is 0 Å². The monoisotopic (exact) mass is 425 g/mol. The number of hydrogen-bond donors (Lipinski definition) is 3. The second-order valence-corrected chi connectivity index (χ2v) is 10.7. The summed E-state index contributed by atoms with van der Waals surface area (Å²) in [7, 11) is 0. The van der Waals surface area contributed by atoms with Gasteiger partial charge in [-0.1, -0.05) is 20.3 Å². The fourth-order valence-electron chi connectivity index (χ4n) is 5.45. The van der Waals surface area contributed by atoms with Crippen molar-refractivity contribution in [1.29, 1.82) is 0 Å². The van der Waals surface area contributed by atoms with Gasteiger partial charge in [0.05, 0.1) is 16.6 Å². The molecule has 0 aromatic heterocycles. The van der Waals surface area contributed by atoms with Crippen LogP contribution in [-0.4, -0.2) is 69.5 Å². The number of aliphatic hydroxyl groups is 1. The van der Waals surface area contributed by atoms with E-state index in [1.165, 1.54) is 0 Å². The third kappa shape index (κ3) is 3.67. The average Bonchev–Trinajstić information content (AvgIpc) is 3.25. The molecule has 3 amide bonds. The van der Waals surface area contributed by atoms with E-state index in [0.29, 0.717) is 26.1 Å². The molecular weight excluding hydrogens is 390 g/mol. The standard InChI is InChI=1S/C21H35N3O4S/c1-4-6-11-23-18(27)16-21-9-8-20(3,29-21)14(17(26)22-10-5-2)15(21)19(28)24(16)12-7-13-25/h14-16,25H,4-13H2,1-3H3,(H,22,26)(H,23,27)/t14-,15+,16?,20+,21?/m1/s1. The van der Waals surface area contributed by atoms with E-state index in [1.54, 1.807) is 16.7 Å². The highest BCUT2D eigenvalue weighted by Gasteiger charge is 2.76. The number of amides is 3. The fourth-order valence-corrected chi connectivity index (χ4v) is 7.81. The highest BCUT2D eigenvalue weighted by Crippen LogP contribution is 2.71. The van der Waals surface area contributed by atoms with Crippen molar-refractivity contribution in [2.45, 2.75) is 74.8 Å². The van der Waals surface area contributed by atoms with Gasteiger partial charge >= 0.3 is 0 Å². The summed E-state index contributed by atoms with van der Waals surface area (Å²) in [4.78, 5) is 41.5. The number of likely N-dealkylation sites (tertiary alicyclic amines) is 1. The minimum Gasteiger partial charge on any atom is -0.396 e. The SMILES string of the molecule is CCCCNC(=O)C1N(CCCO)C(=O)[C@@H]2[C@H](C(=O)NCCC)[C@]3(C)CCC12S3. The number of carbonyl (C=O) groups is 3. The average molecular weight is 426 g/mol. The lowest BCUT2D eigenvalue weighted by molar-refractivity contribution is -0.140. The summed E-state index contributed by atoms with van der Waals surface area (Å²) in [6, 6.07) is -0.570. The van der Waals surface area contributed by atoms with Crippen molar-refractivity contribution in [3.8, 4) is 0 Å². The molecule has 3 rings (SSSR count). The molecule has 2 bridgehead atoms. The maximum absolute atomic E-state index is 13.5. The van der Waals surface area contributed by atoms with E-state index in [2.05, 4.69) is 24.5 Å². The van der Waals surface area contributed by atoms with Gasteiger partial charge < -0.3 is 20.6 Å². The van der Waals surface area contributed by atoms with E-state index in [9.17, 15) is 19.5 Å². The molecule has 2 unspecified atom stereocenters. The van der Waals surface area contributed by atoms with Crippen LogP contribution < -0.4 is 10.6 Å². The number of hydrogen-bond acceptors (Lipinski definition) is 5. The van der Waals surface area contributed by atoms with Gasteiger partial charge in [-0.25, -0.2) is 0 Å². The Hall–Kier alpha value is -1.28. The largest absolute Gasteiger partial charge is 0.396 e. The van der Waals surface area contributed by atoms with E-state index >= 15 is 0 Å². The summed E-state index contributed by atoms with van der Waals surface area (Å²) in [5.41, 5.74) is 0. The Morgan fingerprint density at radius 1 is 1.14 bits per heavy atom. The van der Waals surface area contributed by atoms with Crippen LogP contribution in [0.2, 0.25) is 0 Å². The Balaban J connectivity index is 1.93. The zero-order valence-corrected chi connectivity index (χ0v) is 18.6. The molecular formula is C21H35N3O4S. The Morgan fingerprint density at radius 2 is 1.86 bits per heavy atom. The van der Waals surface area contributed by atoms with E-state index in [4.69, 9.17) is 0 Å². The Labute approximate surface area is 177 Å². The molecule has 3 N–H and O–H groups in total. The highest BCUT2D eigenvalue weighted by molar-refractivity contribution is 8.02. The predicted octanol–water partition coefficient (Wildman–Crippen LogP) is 1.29. The van der Waals surface area contributed by atoms with Gasteiger partial charge in [0.1, 0.15) is 6.04 Å². The van der Waals surface area contributed by atoms with Crippen LogP contribution >= 0.6 is 11.8 Å². The molecule has 164 valence electrons. The van der Waals surface area contributed by atoms with E-state index in [0.717, 1.165) is 32.1 Å². The number of carbonyl (C=O) groups excluding carboxylic acids is 3. The summed E-state index contributed by atoms with van der Waals surface area (Å²) in [6.45, 7) is 7.67. The van der Waals surface area contributed by atoms with Crippen LogP contribution in [-0.2, 0) is 14.4 Å². The molecule has 3 heterocycles. The van der Waals surface area contributed by atoms with Gasteiger partial charge in [0.15, 0.2) is 0 Å².